The molecule has 2 saturated heterocycles. The maximum absolute atomic E-state index is 5.97. The predicted octanol–water partition coefficient (Wildman–Crippen LogP) is -1.68. The minimum absolute atomic E-state index is 0.0134. The smallest absolute Gasteiger partial charge is 0.141 e. The molecule has 0 N–H and O–H groups in total. The highest BCUT2D eigenvalue weighted by Crippen LogP contribution is 2.24. The molecule has 0 bridgehead atoms. The molecule has 0 aromatic carbocycles. The van der Waals surface area contributed by atoms with Gasteiger partial charge >= 0.3 is 0 Å². The van der Waals surface area contributed by atoms with E-state index in [1.165, 1.54) is 0 Å². The van der Waals surface area contributed by atoms with Crippen molar-refractivity contribution in [3.63, 3.8) is 0 Å². The molecule has 138 valence electrons. The van der Waals surface area contributed by atoms with E-state index in [2.05, 4.69) is 26.0 Å². The molecule has 8 nitrogen and oxygen atoms in total. The van der Waals surface area contributed by atoms with E-state index in [4.69, 9.17) is 23.7 Å². The second-order valence-corrected chi connectivity index (χ2v) is 6.96. The topological polar surface area (TPSA) is 76.9 Å². The molecule has 0 amide bonds. The third-order valence-electron chi connectivity index (χ3n) is 4.82. The molecule has 2 aliphatic heterocycles. The molecule has 0 spiro atoms. The molecular formula is C15H27B2N3O5. The Morgan fingerprint density at radius 1 is 1.16 bits per heavy atom. The van der Waals surface area contributed by atoms with E-state index in [1.54, 1.807) is 18.9 Å². The van der Waals surface area contributed by atoms with Gasteiger partial charge < -0.3 is 23.7 Å². The van der Waals surface area contributed by atoms with Crippen molar-refractivity contribution in [2.45, 2.75) is 62.4 Å². The van der Waals surface area contributed by atoms with Gasteiger partial charge in [-0.25, -0.2) is 4.68 Å². The van der Waals surface area contributed by atoms with Gasteiger partial charge in [0.25, 0.3) is 0 Å². The van der Waals surface area contributed by atoms with E-state index in [0.717, 1.165) is 18.5 Å². The maximum Gasteiger partial charge on any atom is 0.141 e. The zero-order valence-electron chi connectivity index (χ0n) is 15.5. The second-order valence-electron chi connectivity index (χ2n) is 6.96. The van der Waals surface area contributed by atoms with Crippen LogP contribution in [-0.2, 0) is 36.8 Å². The Bertz CT molecular complexity index is 549. The minimum atomic E-state index is -0.0289. The lowest BCUT2D eigenvalue weighted by molar-refractivity contribution is -0.0679. The number of hydrogen-bond acceptors (Lipinski definition) is 7. The van der Waals surface area contributed by atoms with E-state index < -0.39 is 0 Å². The third-order valence-corrected chi connectivity index (χ3v) is 4.82. The van der Waals surface area contributed by atoms with Crippen LogP contribution in [0.15, 0.2) is 6.20 Å². The van der Waals surface area contributed by atoms with Crippen molar-refractivity contribution in [1.82, 2.24) is 15.0 Å². The molecule has 3 heterocycles. The number of ether oxygens (including phenoxy) is 5. The van der Waals surface area contributed by atoms with Crippen LogP contribution in [0.2, 0.25) is 0 Å². The first kappa shape index (κ1) is 18.8. The molecule has 0 radical (unpaired) electrons. The van der Waals surface area contributed by atoms with E-state index in [-0.39, 0.29) is 36.4 Å². The van der Waals surface area contributed by atoms with E-state index >= 15 is 0 Å². The van der Waals surface area contributed by atoms with Gasteiger partial charge in [0, 0.05) is 32.6 Å². The summed E-state index contributed by atoms with van der Waals surface area (Å²) in [6.45, 7) is 0.886. The third kappa shape index (κ3) is 4.83. The van der Waals surface area contributed by atoms with E-state index in [1.807, 2.05) is 6.20 Å². The lowest BCUT2D eigenvalue weighted by Gasteiger charge is -2.18. The maximum atomic E-state index is 5.97. The van der Waals surface area contributed by atoms with E-state index in [9.17, 15) is 0 Å². The fourth-order valence-electron chi connectivity index (χ4n) is 3.63. The average Bonchev–Trinajstić information content (AvgIpc) is 3.26. The molecule has 1 aromatic rings. The normalized spacial score (nSPS) is 35.4. The second kappa shape index (κ2) is 8.64. The molecule has 10 heteroatoms. The molecule has 2 aliphatic rings. The van der Waals surface area contributed by atoms with Gasteiger partial charge in [0.2, 0.25) is 0 Å². The van der Waals surface area contributed by atoms with Crippen LogP contribution in [0.4, 0.5) is 0 Å². The first-order valence-corrected chi connectivity index (χ1v) is 8.92. The summed E-state index contributed by atoms with van der Waals surface area (Å²) in [5, 5.41) is 8.38. The highest BCUT2D eigenvalue weighted by Gasteiger charge is 2.34. The molecule has 1 aromatic heterocycles. The summed E-state index contributed by atoms with van der Waals surface area (Å²) >= 11 is 0. The van der Waals surface area contributed by atoms with Crippen LogP contribution < -0.4 is 0 Å². The molecular weight excluding hydrogens is 324 g/mol. The number of rotatable bonds is 8. The summed E-state index contributed by atoms with van der Waals surface area (Å²) in [5.41, 5.74) is 0.884. The van der Waals surface area contributed by atoms with Crippen molar-refractivity contribution >= 4 is 15.7 Å². The van der Waals surface area contributed by atoms with Crippen LogP contribution >= 0.6 is 0 Å². The summed E-state index contributed by atoms with van der Waals surface area (Å²) in [6.07, 6.45) is 4.50. The molecule has 0 saturated carbocycles. The van der Waals surface area contributed by atoms with Crippen molar-refractivity contribution in [3.8, 4) is 0 Å². The Kier molecular flexibility index (Phi) is 6.51. The van der Waals surface area contributed by atoms with E-state index in [0.29, 0.717) is 19.8 Å². The van der Waals surface area contributed by atoms with Crippen LogP contribution in [0.25, 0.3) is 0 Å². The number of nitrogens with zero attached hydrogens (tertiary/aromatic N) is 3. The summed E-state index contributed by atoms with van der Waals surface area (Å²) < 4.78 is 30.1. The largest absolute Gasteiger partial charge is 0.382 e. The SMILES string of the molecule is B[C@H]1CC(OC)[C@@H](Cc2cn(COC3C[C@H](B)O[C@@H]3COC)nn2)O1. The van der Waals surface area contributed by atoms with Gasteiger partial charge in [-0.1, -0.05) is 5.21 Å². The van der Waals surface area contributed by atoms with Crippen LogP contribution in [-0.4, -0.2) is 87.9 Å². The Hall–Kier alpha value is -0.930. The summed E-state index contributed by atoms with van der Waals surface area (Å²) in [7, 11) is 7.52. The summed E-state index contributed by atoms with van der Waals surface area (Å²) in [5.74, 6) is 0. The molecule has 0 aliphatic carbocycles. The first-order valence-electron chi connectivity index (χ1n) is 8.92. The van der Waals surface area contributed by atoms with Gasteiger partial charge in [-0.3, -0.25) is 0 Å². The zero-order valence-corrected chi connectivity index (χ0v) is 15.5. The van der Waals surface area contributed by atoms with Gasteiger partial charge in [-0.15, -0.1) is 5.10 Å². The predicted molar refractivity (Wildman–Crippen MR) is 94.9 cm³/mol. The standard InChI is InChI=1S/C15H27B2N3O5/c1-21-7-13-11(5-15(17)25-13)23-8-20-6-9(18-19-20)3-12-10(22-2)4-14(16)24-12/h6,10-15H,3-5,7-8,16-17H2,1-2H3/t10?,11?,12-,13-,14-,15-/m1/s1. The van der Waals surface area contributed by atoms with Gasteiger partial charge in [0.15, 0.2) is 0 Å². The van der Waals surface area contributed by atoms with Crippen LogP contribution in [0.3, 0.4) is 0 Å². The summed E-state index contributed by atoms with van der Waals surface area (Å²) in [4.78, 5) is 0. The monoisotopic (exact) mass is 351 g/mol. The summed E-state index contributed by atoms with van der Waals surface area (Å²) in [6, 6.07) is 0.402. The lowest BCUT2D eigenvalue weighted by Crippen LogP contribution is -2.29. The zero-order chi connectivity index (χ0) is 17.8. The van der Waals surface area contributed by atoms with Crippen LogP contribution in [0.5, 0.6) is 0 Å². The fourth-order valence-corrected chi connectivity index (χ4v) is 3.63. The molecule has 3 rings (SSSR count). The van der Waals surface area contributed by atoms with Gasteiger partial charge in [-0.05, 0) is 12.8 Å². The van der Waals surface area contributed by atoms with Gasteiger partial charge in [0.1, 0.15) is 28.5 Å². The van der Waals surface area contributed by atoms with Crippen LogP contribution in [0, 0.1) is 0 Å². The first-order chi connectivity index (χ1) is 12.1. The van der Waals surface area contributed by atoms with Gasteiger partial charge in [-0.2, -0.15) is 0 Å². The number of methoxy groups -OCH3 is 2. The Labute approximate surface area is 150 Å². The number of aromatic nitrogens is 3. The van der Waals surface area contributed by atoms with Crippen molar-refractivity contribution in [2.75, 3.05) is 20.8 Å². The fraction of sp³-hybridized carbons (Fsp3) is 0.867. The molecule has 2 unspecified atom stereocenters. The quantitative estimate of drug-likeness (QED) is 0.518. The molecule has 25 heavy (non-hydrogen) atoms. The highest BCUT2D eigenvalue weighted by atomic mass is 16.6. The Balaban J connectivity index is 1.50. The van der Waals surface area contributed by atoms with Crippen LogP contribution in [0.1, 0.15) is 18.5 Å². The lowest BCUT2D eigenvalue weighted by atomic mass is 9.95. The minimum Gasteiger partial charge on any atom is -0.382 e. The van der Waals surface area contributed by atoms with Gasteiger partial charge in [0.05, 0.1) is 36.8 Å². The Morgan fingerprint density at radius 3 is 2.60 bits per heavy atom. The Morgan fingerprint density at radius 2 is 1.88 bits per heavy atom. The molecule has 6 atom stereocenters. The molecule has 2 fully saturated rings. The van der Waals surface area contributed by atoms with Crippen molar-refractivity contribution in [2.24, 2.45) is 0 Å². The van der Waals surface area contributed by atoms with Crippen molar-refractivity contribution in [3.05, 3.63) is 11.9 Å². The van der Waals surface area contributed by atoms with Crippen molar-refractivity contribution < 1.29 is 23.7 Å². The highest BCUT2D eigenvalue weighted by molar-refractivity contribution is 6.11. The number of hydrogen-bond donors (Lipinski definition) is 0. The average molecular weight is 351 g/mol. The van der Waals surface area contributed by atoms with Crippen molar-refractivity contribution in [1.29, 1.82) is 0 Å².